The predicted octanol–water partition coefficient (Wildman–Crippen LogP) is 2.83. The standard InChI is InChI=1S/C22H34N4O2/c1-2-23-22(27)21-7-6-18(16-24-21)26-14-10-20(11-15-26)28-19-8-12-25(13-9-19)17-4-3-5-17/h6-7,16-17,19-20H,2-5,8-15H2,1H3,(H,23,27). The Hall–Kier alpha value is -1.66. The Balaban J connectivity index is 1.20. The first kappa shape index (κ1) is 19.6. The summed E-state index contributed by atoms with van der Waals surface area (Å²) >= 11 is 0. The van der Waals surface area contributed by atoms with Crippen LogP contribution >= 0.6 is 0 Å². The number of aromatic nitrogens is 1. The van der Waals surface area contributed by atoms with Crippen LogP contribution in [0.1, 0.15) is 62.4 Å². The van der Waals surface area contributed by atoms with Crippen molar-refractivity contribution in [1.82, 2.24) is 15.2 Å². The first-order valence-electron chi connectivity index (χ1n) is 11.1. The van der Waals surface area contributed by atoms with Gasteiger partial charge in [-0.15, -0.1) is 0 Å². The zero-order chi connectivity index (χ0) is 19.3. The third-order valence-corrected chi connectivity index (χ3v) is 6.58. The van der Waals surface area contributed by atoms with E-state index in [1.165, 1.54) is 45.2 Å². The van der Waals surface area contributed by atoms with Crippen molar-refractivity contribution < 1.29 is 9.53 Å². The van der Waals surface area contributed by atoms with Gasteiger partial charge in [-0.05, 0) is 57.6 Å². The SMILES string of the molecule is CCNC(=O)c1ccc(N2CCC(OC3CCN(C4CCC4)CC3)CC2)cn1. The number of nitrogens with zero attached hydrogens (tertiary/aromatic N) is 3. The minimum atomic E-state index is -0.107. The molecule has 28 heavy (non-hydrogen) atoms. The van der Waals surface area contributed by atoms with Crippen LogP contribution in [0.15, 0.2) is 18.3 Å². The maximum Gasteiger partial charge on any atom is 0.269 e. The number of piperidine rings is 2. The molecule has 0 bridgehead atoms. The van der Waals surface area contributed by atoms with Crippen molar-refractivity contribution in [2.24, 2.45) is 0 Å². The molecule has 0 radical (unpaired) electrons. The minimum absolute atomic E-state index is 0.107. The van der Waals surface area contributed by atoms with Gasteiger partial charge in [0.2, 0.25) is 0 Å². The van der Waals surface area contributed by atoms with Crippen molar-refractivity contribution in [3.05, 3.63) is 24.0 Å². The van der Waals surface area contributed by atoms with Crippen LogP contribution in [0.2, 0.25) is 0 Å². The molecule has 3 aliphatic rings. The molecule has 3 heterocycles. The summed E-state index contributed by atoms with van der Waals surface area (Å²) in [6, 6.07) is 4.70. The number of carbonyl (C=O) groups excluding carboxylic acids is 1. The molecule has 1 N–H and O–H groups in total. The number of hydrogen-bond donors (Lipinski definition) is 1. The zero-order valence-corrected chi connectivity index (χ0v) is 17.1. The van der Waals surface area contributed by atoms with Gasteiger partial charge in [0.25, 0.3) is 5.91 Å². The monoisotopic (exact) mass is 386 g/mol. The number of ether oxygens (including phenoxy) is 1. The number of hydrogen-bond acceptors (Lipinski definition) is 5. The van der Waals surface area contributed by atoms with Gasteiger partial charge in [0.1, 0.15) is 5.69 Å². The van der Waals surface area contributed by atoms with Gasteiger partial charge in [0, 0.05) is 38.8 Å². The summed E-state index contributed by atoms with van der Waals surface area (Å²) in [5, 5.41) is 2.79. The molecule has 2 aliphatic heterocycles. The lowest BCUT2D eigenvalue weighted by Gasteiger charge is -2.43. The average molecular weight is 387 g/mol. The molecule has 6 heteroatoms. The summed E-state index contributed by atoms with van der Waals surface area (Å²) in [5.41, 5.74) is 1.58. The molecule has 1 saturated carbocycles. The van der Waals surface area contributed by atoms with Crippen LogP contribution in [0.3, 0.4) is 0 Å². The molecule has 1 aliphatic carbocycles. The Bertz CT molecular complexity index is 630. The van der Waals surface area contributed by atoms with Crippen molar-refractivity contribution >= 4 is 11.6 Å². The number of likely N-dealkylation sites (tertiary alicyclic amines) is 1. The maximum atomic E-state index is 11.8. The highest BCUT2D eigenvalue weighted by Crippen LogP contribution is 2.29. The lowest BCUT2D eigenvalue weighted by molar-refractivity contribution is -0.0598. The molecule has 0 spiro atoms. The number of anilines is 1. The van der Waals surface area contributed by atoms with Crippen LogP contribution in [0.4, 0.5) is 5.69 Å². The highest BCUT2D eigenvalue weighted by atomic mass is 16.5. The van der Waals surface area contributed by atoms with E-state index in [1.807, 2.05) is 25.3 Å². The molecule has 4 rings (SSSR count). The summed E-state index contributed by atoms with van der Waals surface area (Å²) in [6.07, 6.45) is 11.4. The van der Waals surface area contributed by atoms with Gasteiger partial charge in [-0.1, -0.05) is 6.42 Å². The normalized spacial score (nSPS) is 22.8. The van der Waals surface area contributed by atoms with E-state index in [0.29, 0.717) is 24.4 Å². The number of amides is 1. The Morgan fingerprint density at radius 2 is 1.75 bits per heavy atom. The molecule has 0 atom stereocenters. The van der Waals surface area contributed by atoms with Crippen LogP contribution in [-0.2, 0) is 4.74 Å². The van der Waals surface area contributed by atoms with E-state index >= 15 is 0 Å². The molecule has 2 saturated heterocycles. The maximum absolute atomic E-state index is 11.8. The second-order valence-electron chi connectivity index (χ2n) is 8.40. The summed E-state index contributed by atoms with van der Waals surface area (Å²) in [4.78, 5) is 21.2. The van der Waals surface area contributed by atoms with Crippen LogP contribution < -0.4 is 10.2 Å². The van der Waals surface area contributed by atoms with Crippen molar-refractivity contribution in [3.63, 3.8) is 0 Å². The lowest BCUT2D eigenvalue weighted by Crippen LogP contribution is -2.47. The smallest absolute Gasteiger partial charge is 0.269 e. The van der Waals surface area contributed by atoms with Gasteiger partial charge < -0.3 is 19.9 Å². The summed E-state index contributed by atoms with van der Waals surface area (Å²) < 4.78 is 6.45. The van der Waals surface area contributed by atoms with Crippen LogP contribution in [-0.4, -0.2) is 66.8 Å². The summed E-state index contributed by atoms with van der Waals surface area (Å²) in [5.74, 6) is -0.107. The van der Waals surface area contributed by atoms with Crippen molar-refractivity contribution in [2.75, 3.05) is 37.6 Å². The van der Waals surface area contributed by atoms with E-state index in [-0.39, 0.29) is 5.91 Å². The first-order chi connectivity index (χ1) is 13.7. The topological polar surface area (TPSA) is 57.7 Å². The number of nitrogens with one attached hydrogen (secondary N) is 1. The molecular formula is C22H34N4O2. The molecule has 6 nitrogen and oxygen atoms in total. The van der Waals surface area contributed by atoms with Gasteiger partial charge in [-0.2, -0.15) is 0 Å². The van der Waals surface area contributed by atoms with Gasteiger partial charge >= 0.3 is 0 Å². The second-order valence-corrected chi connectivity index (χ2v) is 8.40. The fourth-order valence-corrected chi connectivity index (χ4v) is 4.61. The fourth-order valence-electron chi connectivity index (χ4n) is 4.61. The Morgan fingerprint density at radius 3 is 2.29 bits per heavy atom. The van der Waals surface area contributed by atoms with Crippen LogP contribution in [0.25, 0.3) is 0 Å². The molecule has 0 aromatic carbocycles. The van der Waals surface area contributed by atoms with Gasteiger partial charge in [-0.25, -0.2) is 4.98 Å². The summed E-state index contributed by atoms with van der Waals surface area (Å²) in [7, 11) is 0. The Morgan fingerprint density at radius 1 is 1.07 bits per heavy atom. The minimum Gasteiger partial charge on any atom is -0.375 e. The molecule has 1 aromatic heterocycles. The average Bonchev–Trinajstić information content (AvgIpc) is 2.69. The first-order valence-corrected chi connectivity index (χ1v) is 11.1. The lowest BCUT2D eigenvalue weighted by atomic mass is 9.89. The van der Waals surface area contributed by atoms with Crippen molar-refractivity contribution in [1.29, 1.82) is 0 Å². The number of pyridine rings is 1. The number of rotatable bonds is 6. The van der Waals surface area contributed by atoms with E-state index in [0.717, 1.165) is 37.7 Å². The van der Waals surface area contributed by atoms with Gasteiger partial charge in [0.15, 0.2) is 0 Å². The van der Waals surface area contributed by atoms with Crippen LogP contribution in [0.5, 0.6) is 0 Å². The predicted molar refractivity (Wildman–Crippen MR) is 111 cm³/mol. The number of carbonyl (C=O) groups is 1. The molecule has 1 amide bonds. The Labute approximate surface area is 168 Å². The van der Waals surface area contributed by atoms with E-state index in [9.17, 15) is 4.79 Å². The van der Waals surface area contributed by atoms with Crippen LogP contribution in [0, 0.1) is 0 Å². The van der Waals surface area contributed by atoms with E-state index in [1.54, 1.807) is 0 Å². The summed E-state index contributed by atoms with van der Waals surface area (Å²) in [6.45, 7) is 6.96. The van der Waals surface area contributed by atoms with Crippen molar-refractivity contribution in [3.8, 4) is 0 Å². The van der Waals surface area contributed by atoms with Gasteiger partial charge in [0.05, 0.1) is 24.1 Å². The third kappa shape index (κ3) is 4.66. The molecular weight excluding hydrogens is 352 g/mol. The Kier molecular flexibility index (Phi) is 6.47. The fraction of sp³-hybridized carbons (Fsp3) is 0.727. The van der Waals surface area contributed by atoms with Crippen molar-refractivity contribution in [2.45, 2.75) is 70.1 Å². The van der Waals surface area contributed by atoms with E-state index < -0.39 is 0 Å². The zero-order valence-electron chi connectivity index (χ0n) is 17.1. The van der Waals surface area contributed by atoms with Gasteiger partial charge in [-0.3, -0.25) is 4.79 Å². The highest BCUT2D eigenvalue weighted by molar-refractivity contribution is 5.92. The quantitative estimate of drug-likeness (QED) is 0.815. The second kappa shape index (κ2) is 9.23. The largest absolute Gasteiger partial charge is 0.375 e. The molecule has 1 aromatic rings. The molecule has 3 fully saturated rings. The highest BCUT2D eigenvalue weighted by Gasteiger charge is 2.30. The molecule has 0 unspecified atom stereocenters. The third-order valence-electron chi connectivity index (χ3n) is 6.58. The van der Waals surface area contributed by atoms with E-state index in [4.69, 9.17) is 4.74 Å². The molecule has 154 valence electrons. The van der Waals surface area contributed by atoms with E-state index in [2.05, 4.69) is 20.1 Å².